The standard InChI is InChI=1S/C14H17N5O3S/c1-23(21,22)12-8-17-18-13(12)11-4-2-3-5-19(11)14(20)10-6-15-9-16-7-10/h6-9,11H,2-5H2,1H3,(H,17,18)/t11-/m1/s1. The number of sulfone groups is 1. The second-order valence-corrected chi connectivity index (χ2v) is 7.54. The van der Waals surface area contributed by atoms with Crippen LogP contribution in [0.25, 0.3) is 0 Å². The van der Waals surface area contributed by atoms with E-state index in [9.17, 15) is 13.2 Å². The summed E-state index contributed by atoms with van der Waals surface area (Å²) in [5.41, 5.74) is 0.859. The number of carbonyl (C=O) groups excluding carboxylic acids is 1. The maximum Gasteiger partial charge on any atom is 0.257 e. The highest BCUT2D eigenvalue weighted by Crippen LogP contribution is 2.34. The van der Waals surface area contributed by atoms with Crippen LogP contribution in [0.2, 0.25) is 0 Å². The van der Waals surface area contributed by atoms with Gasteiger partial charge in [0.15, 0.2) is 9.84 Å². The van der Waals surface area contributed by atoms with Crippen molar-refractivity contribution in [2.75, 3.05) is 12.8 Å². The van der Waals surface area contributed by atoms with Gasteiger partial charge in [-0.15, -0.1) is 0 Å². The fraction of sp³-hybridized carbons (Fsp3) is 0.429. The predicted octanol–water partition coefficient (Wildman–Crippen LogP) is 0.971. The van der Waals surface area contributed by atoms with Crippen molar-refractivity contribution in [3.63, 3.8) is 0 Å². The van der Waals surface area contributed by atoms with E-state index < -0.39 is 9.84 Å². The van der Waals surface area contributed by atoms with Gasteiger partial charge in [-0.3, -0.25) is 9.89 Å². The number of hydrogen-bond acceptors (Lipinski definition) is 6. The van der Waals surface area contributed by atoms with Crippen LogP contribution >= 0.6 is 0 Å². The molecule has 0 saturated carbocycles. The largest absolute Gasteiger partial charge is 0.330 e. The molecule has 23 heavy (non-hydrogen) atoms. The van der Waals surface area contributed by atoms with E-state index in [1.54, 1.807) is 4.90 Å². The molecule has 0 spiro atoms. The number of carbonyl (C=O) groups is 1. The van der Waals surface area contributed by atoms with Crippen LogP contribution in [0.15, 0.2) is 29.8 Å². The molecule has 2 aromatic heterocycles. The van der Waals surface area contributed by atoms with Crippen LogP contribution in [0.1, 0.15) is 41.4 Å². The highest BCUT2D eigenvalue weighted by molar-refractivity contribution is 7.90. The van der Waals surface area contributed by atoms with Crippen molar-refractivity contribution in [1.82, 2.24) is 25.1 Å². The average molecular weight is 335 g/mol. The summed E-state index contributed by atoms with van der Waals surface area (Å²) in [6.45, 7) is 0.556. The Morgan fingerprint density at radius 3 is 2.70 bits per heavy atom. The number of nitrogens with one attached hydrogen (secondary N) is 1. The van der Waals surface area contributed by atoms with Gasteiger partial charge in [0, 0.05) is 25.2 Å². The second kappa shape index (κ2) is 6.07. The molecule has 9 heteroatoms. The van der Waals surface area contributed by atoms with Crippen molar-refractivity contribution in [1.29, 1.82) is 0 Å². The van der Waals surface area contributed by atoms with Crippen LogP contribution in [-0.4, -0.2) is 52.2 Å². The summed E-state index contributed by atoms with van der Waals surface area (Å²) in [6, 6.07) is -0.344. The number of rotatable bonds is 3. The topological polar surface area (TPSA) is 109 Å². The van der Waals surface area contributed by atoms with E-state index in [0.717, 1.165) is 19.1 Å². The third-order valence-electron chi connectivity index (χ3n) is 3.94. The van der Waals surface area contributed by atoms with Crippen molar-refractivity contribution in [3.8, 4) is 0 Å². The van der Waals surface area contributed by atoms with Crippen LogP contribution in [0, 0.1) is 0 Å². The number of aromatic amines is 1. The van der Waals surface area contributed by atoms with Crippen molar-refractivity contribution in [3.05, 3.63) is 36.2 Å². The lowest BCUT2D eigenvalue weighted by molar-refractivity contribution is 0.0601. The third kappa shape index (κ3) is 3.09. The summed E-state index contributed by atoms with van der Waals surface area (Å²) in [5.74, 6) is -0.204. The molecule has 1 aliphatic heterocycles. The molecule has 8 nitrogen and oxygen atoms in total. The molecule has 3 heterocycles. The molecule has 0 aromatic carbocycles. The van der Waals surface area contributed by atoms with E-state index in [2.05, 4.69) is 20.2 Å². The average Bonchev–Trinajstić information content (AvgIpc) is 3.05. The lowest BCUT2D eigenvalue weighted by atomic mass is 9.98. The van der Waals surface area contributed by atoms with E-state index in [0.29, 0.717) is 24.2 Å². The van der Waals surface area contributed by atoms with Gasteiger partial charge in [-0.1, -0.05) is 0 Å². The van der Waals surface area contributed by atoms with Gasteiger partial charge in [0.1, 0.15) is 11.2 Å². The van der Waals surface area contributed by atoms with Crippen molar-refractivity contribution in [2.45, 2.75) is 30.2 Å². The molecule has 0 unspecified atom stereocenters. The molecular formula is C14H17N5O3S. The number of piperidine rings is 1. The minimum atomic E-state index is -3.41. The van der Waals surface area contributed by atoms with E-state index in [1.807, 2.05) is 0 Å². The zero-order chi connectivity index (χ0) is 16.4. The van der Waals surface area contributed by atoms with Gasteiger partial charge in [-0.25, -0.2) is 18.4 Å². The first kappa shape index (κ1) is 15.6. The summed E-state index contributed by atoms with van der Waals surface area (Å²) in [4.78, 5) is 22.3. The Hall–Kier alpha value is -2.29. The summed E-state index contributed by atoms with van der Waals surface area (Å²) in [7, 11) is -3.41. The molecule has 0 aliphatic carbocycles. The fourth-order valence-corrected chi connectivity index (χ4v) is 3.69. The van der Waals surface area contributed by atoms with Gasteiger partial charge in [-0.05, 0) is 19.3 Å². The van der Waals surface area contributed by atoms with Gasteiger partial charge in [0.25, 0.3) is 5.91 Å². The highest BCUT2D eigenvalue weighted by Gasteiger charge is 2.33. The van der Waals surface area contributed by atoms with Gasteiger partial charge in [-0.2, -0.15) is 5.10 Å². The Bertz CT molecular complexity index is 803. The molecule has 0 bridgehead atoms. The first-order valence-corrected chi connectivity index (χ1v) is 9.17. The van der Waals surface area contributed by atoms with Crippen LogP contribution in [-0.2, 0) is 9.84 Å². The molecule has 1 atom stereocenters. The van der Waals surface area contributed by atoms with Crippen LogP contribution in [0.4, 0.5) is 0 Å². The summed E-state index contributed by atoms with van der Waals surface area (Å²) < 4.78 is 23.8. The Morgan fingerprint density at radius 1 is 1.26 bits per heavy atom. The Balaban J connectivity index is 1.97. The number of H-pyrrole nitrogens is 1. The Kier molecular flexibility index (Phi) is 4.12. The van der Waals surface area contributed by atoms with Crippen molar-refractivity contribution >= 4 is 15.7 Å². The first-order valence-electron chi connectivity index (χ1n) is 7.28. The van der Waals surface area contributed by atoms with E-state index in [-0.39, 0.29) is 16.8 Å². The molecule has 2 aromatic rings. The number of nitrogens with zero attached hydrogens (tertiary/aromatic N) is 4. The first-order chi connectivity index (χ1) is 11.0. The molecule has 0 radical (unpaired) electrons. The minimum absolute atomic E-state index is 0.145. The molecule has 1 aliphatic rings. The number of hydrogen-bond donors (Lipinski definition) is 1. The van der Waals surface area contributed by atoms with Crippen LogP contribution in [0.3, 0.4) is 0 Å². The van der Waals surface area contributed by atoms with E-state index in [4.69, 9.17) is 0 Å². The number of likely N-dealkylation sites (tertiary alicyclic amines) is 1. The van der Waals surface area contributed by atoms with Gasteiger partial charge in [0.05, 0.1) is 23.5 Å². The quantitative estimate of drug-likeness (QED) is 0.895. The smallest absolute Gasteiger partial charge is 0.257 e. The van der Waals surface area contributed by atoms with Crippen LogP contribution < -0.4 is 0 Å². The van der Waals surface area contributed by atoms with E-state index in [1.165, 1.54) is 24.9 Å². The molecule has 1 N–H and O–H groups in total. The van der Waals surface area contributed by atoms with Gasteiger partial charge < -0.3 is 4.90 Å². The zero-order valence-corrected chi connectivity index (χ0v) is 13.5. The Morgan fingerprint density at radius 2 is 2.00 bits per heavy atom. The third-order valence-corrected chi connectivity index (χ3v) is 5.06. The SMILES string of the molecule is CS(=O)(=O)c1cn[nH]c1[C@H]1CCCCN1C(=O)c1cncnc1. The summed E-state index contributed by atoms with van der Waals surface area (Å²) >= 11 is 0. The predicted molar refractivity (Wildman–Crippen MR) is 81.4 cm³/mol. The lowest BCUT2D eigenvalue weighted by Crippen LogP contribution is -2.39. The molecule has 1 saturated heterocycles. The van der Waals surface area contributed by atoms with Crippen molar-refractivity contribution < 1.29 is 13.2 Å². The molecule has 1 amide bonds. The second-order valence-electron chi connectivity index (χ2n) is 5.56. The molecule has 122 valence electrons. The molecule has 3 rings (SSSR count). The molecular weight excluding hydrogens is 318 g/mol. The number of aromatic nitrogens is 4. The van der Waals surface area contributed by atoms with Crippen molar-refractivity contribution in [2.24, 2.45) is 0 Å². The molecule has 1 fully saturated rings. The Labute approximate surface area is 133 Å². The normalized spacial score (nSPS) is 18.8. The van der Waals surface area contributed by atoms with Gasteiger partial charge in [0.2, 0.25) is 0 Å². The van der Waals surface area contributed by atoms with Gasteiger partial charge >= 0.3 is 0 Å². The van der Waals surface area contributed by atoms with E-state index >= 15 is 0 Å². The number of amides is 1. The summed E-state index contributed by atoms with van der Waals surface area (Å²) in [5, 5.41) is 6.63. The van der Waals surface area contributed by atoms with Crippen LogP contribution in [0.5, 0.6) is 0 Å². The maximum atomic E-state index is 12.7. The monoisotopic (exact) mass is 335 g/mol. The zero-order valence-electron chi connectivity index (χ0n) is 12.6. The highest BCUT2D eigenvalue weighted by atomic mass is 32.2. The summed E-state index contributed by atoms with van der Waals surface area (Å²) in [6.07, 6.45) is 9.21. The maximum absolute atomic E-state index is 12.7. The lowest BCUT2D eigenvalue weighted by Gasteiger charge is -2.35. The fourth-order valence-electron chi connectivity index (χ4n) is 2.87. The minimum Gasteiger partial charge on any atom is -0.330 e.